The zero-order chi connectivity index (χ0) is 36.0. The Balaban J connectivity index is 1.09. The lowest BCUT2D eigenvalue weighted by atomic mass is 9.82. The molecule has 0 unspecified atom stereocenters. The van der Waals surface area contributed by atoms with Gasteiger partial charge < -0.3 is 4.57 Å². The van der Waals surface area contributed by atoms with Gasteiger partial charge in [0.05, 0.1) is 16.6 Å². The summed E-state index contributed by atoms with van der Waals surface area (Å²) in [7, 11) is 0. The van der Waals surface area contributed by atoms with Crippen LogP contribution in [-0.4, -0.2) is 9.55 Å². The van der Waals surface area contributed by atoms with Gasteiger partial charge in [-0.3, -0.25) is 4.98 Å². The van der Waals surface area contributed by atoms with E-state index in [-0.39, 0.29) is 0 Å². The van der Waals surface area contributed by atoms with Crippen molar-refractivity contribution in [3.05, 3.63) is 194 Å². The molecule has 0 aliphatic heterocycles. The third-order valence-corrected chi connectivity index (χ3v) is 11.8. The van der Waals surface area contributed by atoms with Crippen LogP contribution in [0.1, 0.15) is 0 Å². The van der Waals surface area contributed by atoms with Crippen molar-refractivity contribution in [3.63, 3.8) is 0 Å². The molecule has 254 valence electrons. The van der Waals surface area contributed by atoms with Gasteiger partial charge in [-0.15, -0.1) is 0 Å². The third kappa shape index (κ3) is 4.28. The first-order valence-corrected chi connectivity index (χ1v) is 19.0. The molecule has 0 atom stereocenters. The van der Waals surface area contributed by atoms with Crippen molar-refractivity contribution < 1.29 is 0 Å². The maximum absolute atomic E-state index is 4.97. The number of hydrogen-bond donors (Lipinski definition) is 0. The van der Waals surface area contributed by atoms with Crippen molar-refractivity contribution in [1.29, 1.82) is 0 Å². The fourth-order valence-electron chi connectivity index (χ4n) is 9.48. The summed E-state index contributed by atoms with van der Waals surface area (Å²) in [6.07, 6.45) is 2.00. The maximum atomic E-state index is 4.97. The molecule has 0 saturated heterocycles. The summed E-state index contributed by atoms with van der Waals surface area (Å²) in [6, 6.07) is 68.8. The molecule has 0 fully saturated rings. The lowest BCUT2D eigenvalue weighted by Gasteiger charge is -2.20. The molecule has 2 heterocycles. The summed E-state index contributed by atoms with van der Waals surface area (Å²) in [5.41, 5.74) is 17.2. The van der Waals surface area contributed by atoms with Gasteiger partial charge in [0, 0.05) is 28.0 Å². The summed E-state index contributed by atoms with van der Waals surface area (Å²) < 4.78 is 2.38. The molecular formula is C53H32N2. The van der Waals surface area contributed by atoms with Gasteiger partial charge in [-0.2, -0.15) is 0 Å². The van der Waals surface area contributed by atoms with E-state index in [9.17, 15) is 0 Å². The summed E-state index contributed by atoms with van der Waals surface area (Å²) in [4.78, 5) is 4.97. The van der Waals surface area contributed by atoms with Crippen LogP contribution in [-0.2, 0) is 0 Å². The topological polar surface area (TPSA) is 17.8 Å². The molecule has 1 aliphatic rings. The number of hydrogen-bond acceptors (Lipinski definition) is 1. The number of aromatic nitrogens is 2. The molecule has 0 saturated carbocycles. The average molecular weight is 697 g/mol. The van der Waals surface area contributed by atoms with Crippen LogP contribution in [0.15, 0.2) is 194 Å². The van der Waals surface area contributed by atoms with E-state index in [0.29, 0.717) is 0 Å². The van der Waals surface area contributed by atoms with Crippen molar-refractivity contribution in [3.8, 4) is 61.3 Å². The fourth-order valence-corrected chi connectivity index (χ4v) is 9.48. The third-order valence-electron chi connectivity index (χ3n) is 11.8. The smallest absolute Gasteiger partial charge is 0.0970 e. The van der Waals surface area contributed by atoms with Gasteiger partial charge in [0.2, 0.25) is 0 Å². The van der Waals surface area contributed by atoms with Crippen LogP contribution >= 0.6 is 0 Å². The Morgan fingerprint density at radius 2 is 0.891 bits per heavy atom. The first-order chi connectivity index (χ1) is 27.3. The summed E-state index contributed by atoms with van der Waals surface area (Å²) >= 11 is 0. The highest BCUT2D eigenvalue weighted by molar-refractivity contribution is 6.29. The molecule has 11 aromatic rings. The lowest BCUT2D eigenvalue weighted by molar-refractivity contribution is 1.18. The van der Waals surface area contributed by atoms with E-state index in [4.69, 9.17) is 4.98 Å². The first kappa shape index (κ1) is 30.2. The van der Waals surface area contributed by atoms with Gasteiger partial charge in [0.1, 0.15) is 0 Å². The highest BCUT2D eigenvalue weighted by Gasteiger charge is 2.31. The fraction of sp³-hybridized carbons (Fsp3) is 0. The van der Waals surface area contributed by atoms with Crippen molar-refractivity contribution >= 4 is 54.3 Å². The van der Waals surface area contributed by atoms with Crippen molar-refractivity contribution in [1.82, 2.24) is 9.55 Å². The molecule has 0 radical (unpaired) electrons. The Morgan fingerprint density at radius 1 is 0.345 bits per heavy atom. The predicted octanol–water partition coefficient (Wildman–Crippen LogP) is 14.3. The van der Waals surface area contributed by atoms with Crippen LogP contribution in [0.5, 0.6) is 0 Å². The van der Waals surface area contributed by atoms with Crippen molar-refractivity contribution in [2.24, 2.45) is 0 Å². The van der Waals surface area contributed by atoms with Gasteiger partial charge >= 0.3 is 0 Å². The van der Waals surface area contributed by atoms with E-state index < -0.39 is 0 Å². The molecule has 2 aromatic heterocycles. The monoisotopic (exact) mass is 696 g/mol. The SMILES string of the molecule is c1ccc(-c2c3c(c(-c4ccccc4)c4ccccc24)-c2ccc(-c4ccc(-n5c6ccccc6c6ncc7ccccc7c65)cc4)c4cccc-3c24)cc1. The van der Waals surface area contributed by atoms with Crippen LogP contribution in [0.2, 0.25) is 0 Å². The Bertz CT molecular complexity index is 3250. The Labute approximate surface area is 318 Å². The first-order valence-electron chi connectivity index (χ1n) is 19.0. The van der Waals surface area contributed by atoms with Gasteiger partial charge in [-0.25, -0.2) is 0 Å². The van der Waals surface area contributed by atoms with Gasteiger partial charge in [-0.1, -0.05) is 170 Å². The lowest BCUT2D eigenvalue weighted by Crippen LogP contribution is -1.95. The molecule has 2 nitrogen and oxygen atoms in total. The van der Waals surface area contributed by atoms with E-state index in [0.717, 1.165) is 33.0 Å². The number of nitrogens with zero attached hydrogens (tertiary/aromatic N) is 2. The number of fused-ring (bicyclic) bond motifs is 9. The second-order valence-corrected chi connectivity index (χ2v) is 14.6. The molecule has 1 aliphatic carbocycles. The minimum absolute atomic E-state index is 1.03. The molecule has 55 heavy (non-hydrogen) atoms. The molecule has 0 N–H and O–H groups in total. The van der Waals surface area contributed by atoms with Crippen LogP contribution < -0.4 is 0 Å². The normalized spacial score (nSPS) is 12.0. The zero-order valence-corrected chi connectivity index (χ0v) is 29.9. The molecule has 0 amide bonds. The second-order valence-electron chi connectivity index (χ2n) is 14.6. The highest BCUT2D eigenvalue weighted by atomic mass is 15.0. The average Bonchev–Trinajstić information content (AvgIpc) is 3.78. The largest absolute Gasteiger partial charge is 0.307 e. The van der Waals surface area contributed by atoms with Crippen LogP contribution in [0.3, 0.4) is 0 Å². The van der Waals surface area contributed by atoms with E-state index in [2.05, 4.69) is 193 Å². The van der Waals surface area contributed by atoms with E-state index in [1.54, 1.807) is 0 Å². The number of rotatable bonds is 4. The Hall–Kier alpha value is -7.29. The van der Waals surface area contributed by atoms with Gasteiger partial charge in [0.15, 0.2) is 0 Å². The minimum atomic E-state index is 1.03. The standard InChI is InChI=1S/C53H32N2/c1-3-14-34(15-4-1)47-41-20-9-10-21-42(41)48(35-16-5-2-6-17-35)51-45-31-30-38(40-23-13-24-44(49(40)45)50(47)51)33-26-28-37(29-27-33)55-46-25-12-11-22-43(46)52-53(55)39-19-8-7-18-36(39)32-54-52/h1-32H. The Morgan fingerprint density at radius 3 is 1.58 bits per heavy atom. The molecule has 2 heteroatoms. The second kappa shape index (κ2) is 11.6. The van der Waals surface area contributed by atoms with Crippen molar-refractivity contribution in [2.75, 3.05) is 0 Å². The number of pyridine rings is 1. The minimum Gasteiger partial charge on any atom is -0.307 e. The maximum Gasteiger partial charge on any atom is 0.0970 e. The van der Waals surface area contributed by atoms with E-state index >= 15 is 0 Å². The number of benzene rings is 9. The number of para-hydroxylation sites is 1. The molecule has 0 spiro atoms. The highest BCUT2D eigenvalue weighted by Crippen LogP contribution is 2.58. The summed E-state index contributed by atoms with van der Waals surface area (Å²) in [6.45, 7) is 0. The molecule has 0 bridgehead atoms. The molecule has 9 aromatic carbocycles. The van der Waals surface area contributed by atoms with Gasteiger partial charge in [-0.05, 0) is 95.4 Å². The summed E-state index contributed by atoms with van der Waals surface area (Å²) in [5.74, 6) is 0. The quantitative estimate of drug-likeness (QED) is 0.179. The van der Waals surface area contributed by atoms with E-state index in [1.165, 1.54) is 82.6 Å². The van der Waals surface area contributed by atoms with E-state index in [1.807, 2.05) is 6.20 Å². The van der Waals surface area contributed by atoms with Crippen molar-refractivity contribution in [2.45, 2.75) is 0 Å². The zero-order valence-electron chi connectivity index (χ0n) is 29.9. The van der Waals surface area contributed by atoms with Gasteiger partial charge in [0.25, 0.3) is 0 Å². The van der Waals surface area contributed by atoms with Crippen LogP contribution in [0, 0.1) is 0 Å². The predicted molar refractivity (Wildman–Crippen MR) is 232 cm³/mol. The summed E-state index contributed by atoms with van der Waals surface area (Å²) in [5, 5.41) is 8.66. The van der Waals surface area contributed by atoms with Crippen LogP contribution in [0.4, 0.5) is 0 Å². The van der Waals surface area contributed by atoms with Crippen LogP contribution in [0.25, 0.3) is 116 Å². The molecule has 12 rings (SSSR count). The Kier molecular flexibility index (Phi) is 6.37. The molecular weight excluding hydrogens is 665 g/mol.